The first-order valence-electron chi connectivity index (χ1n) is 4.61. The van der Waals surface area contributed by atoms with E-state index in [0.717, 1.165) is 0 Å². The van der Waals surface area contributed by atoms with Crippen LogP contribution in [0.15, 0.2) is 24.3 Å². The number of aryl methyl sites for hydroxylation is 1. The highest BCUT2D eigenvalue weighted by Crippen LogP contribution is 2.21. The molecule has 0 N–H and O–H groups in total. The van der Waals surface area contributed by atoms with Crippen LogP contribution in [0.25, 0.3) is 0 Å². The molecule has 0 saturated carbocycles. The van der Waals surface area contributed by atoms with Crippen molar-refractivity contribution in [1.82, 2.24) is 0 Å². The zero-order valence-electron chi connectivity index (χ0n) is 7.55. The van der Waals surface area contributed by atoms with Crippen molar-refractivity contribution in [3.8, 4) is 0 Å². The minimum absolute atomic E-state index is 0.687. The number of benzene rings is 1. The normalized spacial score (nSPS) is 21.9. The lowest BCUT2D eigenvalue weighted by atomic mass is 10.1. The molecule has 2 rings (SSSR count). The maximum absolute atomic E-state index is 2.32. The van der Waals surface area contributed by atoms with Gasteiger partial charge in [0.1, 0.15) is 17.3 Å². The van der Waals surface area contributed by atoms with Gasteiger partial charge in [0.25, 0.3) is 0 Å². The van der Waals surface area contributed by atoms with E-state index in [0.29, 0.717) is 10.9 Å². The molecule has 1 aromatic carbocycles. The summed E-state index contributed by atoms with van der Waals surface area (Å²) in [5, 5.41) is 0. The molecule has 12 heavy (non-hydrogen) atoms. The smallest absolute Gasteiger partial charge is 0.0620 e. The SMILES string of the molecule is CC[S+]1CCc2ccccc2C1. The van der Waals surface area contributed by atoms with Gasteiger partial charge in [-0.3, -0.25) is 0 Å². The van der Waals surface area contributed by atoms with Crippen molar-refractivity contribution in [3.63, 3.8) is 0 Å². The highest BCUT2D eigenvalue weighted by molar-refractivity contribution is 7.96. The van der Waals surface area contributed by atoms with Gasteiger partial charge in [0, 0.05) is 12.0 Å². The van der Waals surface area contributed by atoms with Crippen LogP contribution >= 0.6 is 0 Å². The van der Waals surface area contributed by atoms with Crippen LogP contribution in [0.3, 0.4) is 0 Å². The van der Waals surface area contributed by atoms with Crippen molar-refractivity contribution in [1.29, 1.82) is 0 Å². The van der Waals surface area contributed by atoms with E-state index in [9.17, 15) is 0 Å². The number of hydrogen-bond donors (Lipinski definition) is 0. The molecule has 0 amide bonds. The topological polar surface area (TPSA) is 0 Å². The lowest BCUT2D eigenvalue weighted by Gasteiger charge is -2.16. The summed E-state index contributed by atoms with van der Waals surface area (Å²) < 4.78 is 0. The first-order chi connectivity index (χ1) is 5.90. The largest absolute Gasteiger partial charge is 0.133 e. The molecule has 1 heterocycles. The molecule has 1 heteroatoms. The molecular formula is C11H15S+. The third-order valence-electron chi connectivity index (χ3n) is 2.55. The summed E-state index contributed by atoms with van der Waals surface area (Å²) in [6, 6.07) is 8.91. The fourth-order valence-electron chi connectivity index (χ4n) is 1.73. The molecule has 1 aliphatic heterocycles. The minimum Gasteiger partial charge on any atom is -0.0620 e. The zero-order valence-corrected chi connectivity index (χ0v) is 8.36. The van der Waals surface area contributed by atoms with Crippen molar-refractivity contribution in [2.24, 2.45) is 0 Å². The van der Waals surface area contributed by atoms with Crippen LogP contribution in [0.1, 0.15) is 18.1 Å². The number of hydrogen-bond acceptors (Lipinski definition) is 0. The molecule has 1 aliphatic rings. The number of fused-ring (bicyclic) bond motifs is 1. The summed E-state index contributed by atoms with van der Waals surface area (Å²) in [6.45, 7) is 2.32. The molecular weight excluding hydrogens is 164 g/mol. The average molecular weight is 179 g/mol. The second kappa shape index (κ2) is 3.53. The Labute approximate surface area is 77.3 Å². The Hall–Kier alpha value is -0.430. The van der Waals surface area contributed by atoms with Gasteiger partial charge < -0.3 is 0 Å². The van der Waals surface area contributed by atoms with Crippen LogP contribution in [-0.4, -0.2) is 11.5 Å². The maximum atomic E-state index is 2.32. The summed E-state index contributed by atoms with van der Waals surface area (Å²) >= 11 is 0. The summed E-state index contributed by atoms with van der Waals surface area (Å²) in [4.78, 5) is 0. The third-order valence-corrected chi connectivity index (χ3v) is 4.86. The molecule has 64 valence electrons. The standard InChI is InChI=1S/C11H15S/c1-2-12-8-7-10-5-3-4-6-11(10)9-12/h3-6H,2,7-9H2,1H3/q+1. The Morgan fingerprint density at radius 3 is 2.75 bits per heavy atom. The lowest BCUT2D eigenvalue weighted by Crippen LogP contribution is -2.20. The Morgan fingerprint density at radius 2 is 2.00 bits per heavy atom. The van der Waals surface area contributed by atoms with Crippen molar-refractivity contribution in [2.45, 2.75) is 19.1 Å². The van der Waals surface area contributed by atoms with Crippen molar-refractivity contribution >= 4 is 10.9 Å². The van der Waals surface area contributed by atoms with Crippen LogP contribution < -0.4 is 0 Å². The van der Waals surface area contributed by atoms with E-state index >= 15 is 0 Å². The molecule has 0 saturated heterocycles. The molecule has 1 atom stereocenters. The second-order valence-corrected chi connectivity index (χ2v) is 5.77. The number of rotatable bonds is 1. The van der Waals surface area contributed by atoms with Crippen LogP contribution in [0.5, 0.6) is 0 Å². The monoisotopic (exact) mass is 179 g/mol. The maximum Gasteiger partial charge on any atom is 0.133 e. The van der Waals surface area contributed by atoms with E-state index in [1.54, 1.807) is 11.1 Å². The van der Waals surface area contributed by atoms with E-state index in [-0.39, 0.29) is 0 Å². The average Bonchev–Trinajstić information content (AvgIpc) is 2.17. The first-order valence-corrected chi connectivity index (χ1v) is 6.34. The fourth-order valence-corrected chi connectivity index (χ4v) is 3.60. The lowest BCUT2D eigenvalue weighted by molar-refractivity contribution is 1.07. The summed E-state index contributed by atoms with van der Waals surface area (Å²) in [6.07, 6.45) is 1.31. The van der Waals surface area contributed by atoms with E-state index in [1.807, 2.05) is 0 Å². The Morgan fingerprint density at radius 1 is 1.25 bits per heavy atom. The van der Waals surface area contributed by atoms with Crippen molar-refractivity contribution in [2.75, 3.05) is 11.5 Å². The Balaban J connectivity index is 2.23. The molecule has 0 radical (unpaired) electrons. The Bertz CT molecular complexity index is 267. The second-order valence-electron chi connectivity index (χ2n) is 3.27. The van der Waals surface area contributed by atoms with E-state index in [4.69, 9.17) is 0 Å². The molecule has 0 bridgehead atoms. The first kappa shape index (κ1) is 8.18. The molecule has 0 spiro atoms. The van der Waals surface area contributed by atoms with E-state index < -0.39 is 0 Å². The quantitative estimate of drug-likeness (QED) is 0.581. The van der Waals surface area contributed by atoms with Gasteiger partial charge in [-0.05, 0) is 23.4 Å². The highest BCUT2D eigenvalue weighted by Gasteiger charge is 2.23. The predicted octanol–water partition coefficient (Wildman–Crippen LogP) is 2.38. The van der Waals surface area contributed by atoms with Gasteiger partial charge >= 0.3 is 0 Å². The summed E-state index contributed by atoms with van der Waals surface area (Å²) in [7, 11) is 0.687. The van der Waals surface area contributed by atoms with Crippen LogP contribution in [0.4, 0.5) is 0 Å². The molecule has 0 aromatic heterocycles. The fraction of sp³-hybridized carbons (Fsp3) is 0.455. The van der Waals surface area contributed by atoms with Gasteiger partial charge in [-0.2, -0.15) is 0 Å². The van der Waals surface area contributed by atoms with Gasteiger partial charge in [-0.1, -0.05) is 24.3 Å². The van der Waals surface area contributed by atoms with Gasteiger partial charge in [-0.15, -0.1) is 0 Å². The third kappa shape index (κ3) is 1.51. The van der Waals surface area contributed by atoms with Crippen LogP contribution in [0.2, 0.25) is 0 Å². The summed E-state index contributed by atoms with van der Waals surface area (Å²) in [5.41, 5.74) is 3.20. The molecule has 1 aromatic rings. The van der Waals surface area contributed by atoms with Crippen LogP contribution in [0, 0.1) is 0 Å². The Kier molecular flexibility index (Phi) is 2.40. The molecule has 0 nitrogen and oxygen atoms in total. The zero-order chi connectivity index (χ0) is 8.39. The van der Waals surface area contributed by atoms with Gasteiger partial charge in [-0.25, -0.2) is 0 Å². The highest BCUT2D eigenvalue weighted by atomic mass is 32.2. The van der Waals surface area contributed by atoms with E-state index in [1.165, 1.54) is 23.7 Å². The van der Waals surface area contributed by atoms with Crippen LogP contribution in [-0.2, 0) is 23.1 Å². The summed E-state index contributed by atoms with van der Waals surface area (Å²) in [5.74, 6) is 4.13. The predicted molar refractivity (Wildman–Crippen MR) is 56.6 cm³/mol. The van der Waals surface area contributed by atoms with Gasteiger partial charge in [0.05, 0.1) is 0 Å². The van der Waals surface area contributed by atoms with Crippen molar-refractivity contribution < 1.29 is 0 Å². The van der Waals surface area contributed by atoms with Crippen molar-refractivity contribution in [3.05, 3.63) is 35.4 Å². The minimum atomic E-state index is 0.687. The molecule has 1 unspecified atom stereocenters. The molecule has 0 aliphatic carbocycles. The van der Waals surface area contributed by atoms with Gasteiger partial charge in [0.15, 0.2) is 0 Å². The molecule has 0 fully saturated rings. The van der Waals surface area contributed by atoms with E-state index in [2.05, 4.69) is 31.2 Å². The van der Waals surface area contributed by atoms with Gasteiger partial charge in [0.2, 0.25) is 0 Å².